The molecule has 5 nitrogen and oxygen atoms in total. The monoisotopic (exact) mass is 350 g/mol. The van der Waals surface area contributed by atoms with E-state index in [4.69, 9.17) is 4.98 Å². The van der Waals surface area contributed by atoms with Crippen LogP contribution >= 0.6 is 0 Å². The molecule has 0 aliphatic carbocycles. The lowest BCUT2D eigenvalue weighted by Gasteiger charge is -2.32. The molecule has 1 saturated heterocycles. The molecule has 0 saturated carbocycles. The van der Waals surface area contributed by atoms with Crippen LogP contribution in [0.1, 0.15) is 40.4 Å². The lowest BCUT2D eigenvalue weighted by Crippen LogP contribution is -2.40. The standard InChI is InChI=1S/C21H26N4O/c1-14-11-17(15(2)24(14)3)21(26)25-10-6-7-16(13-25)12-20-22-18-8-4-5-9-19(18)23-20/h4-5,8-9,11,16H,6-7,10,12-13H2,1-3H3,(H,22,23). The topological polar surface area (TPSA) is 53.9 Å². The summed E-state index contributed by atoms with van der Waals surface area (Å²) in [7, 11) is 2.02. The highest BCUT2D eigenvalue weighted by Gasteiger charge is 2.27. The number of benzene rings is 1. The number of aryl methyl sites for hydroxylation is 1. The number of nitrogens with zero attached hydrogens (tertiary/aromatic N) is 3. The molecule has 0 spiro atoms. The van der Waals surface area contributed by atoms with E-state index >= 15 is 0 Å². The number of aromatic nitrogens is 3. The molecule has 0 radical (unpaired) electrons. The first-order valence-electron chi connectivity index (χ1n) is 9.38. The van der Waals surface area contributed by atoms with E-state index in [0.717, 1.165) is 66.2 Å². The van der Waals surface area contributed by atoms with Gasteiger partial charge in [-0.3, -0.25) is 4.79 Å². The number of rotatable bonds is 3. The Morgan fingerprint density at radius 2 is 2.12 bits per heavy atom. The lowest BCUT2D eigenvalue weighted by atomic mass is 9.94. The van der Waals surface area contributed by atoms with E-state index in [1.807, 2.05) is 50.1 Å². The summed E-state index contributed by atoms with van der Waals surface area (Å²) in [5.74, 6) is 1.65. The minimum atomic E-state index is 0.167. The fourth-order valence-corrected chi connectivity index (χ4v) is 4.03. The minimum Gasteiger partial charge on any atom is -0.351 e. The Morgan fingerprint density at radius 3 is 2.85 bits per heavy atom. The summed E-state index contributed by atoms with van der Waals surface area (Å²) in [4.78, 5) is 23.2. The number of piperidine rings is 1. The number of aromatic amines is 1. The third-order valence-electron chi connectivity index (χ3n) is 5.73. The van der Waals surface area contributed by atoms with Gasteiger partial charge in [-0.05, 0) is 50.8 Å². The first-order chi connectivity index (χ1) is 12.5. The summed E-state index contributed by atoms with van der Waals surface area (Å²) in [5, 5.41) is 0. The number of hydrogen-bond donors (Lipinski definition) is 1. The van der Waals surface area contributed by atoms with Crippen LogP contribution in [0.2, 0.25) is 0 Å². The number of imidazole rings is 1. The van der Waals surface area contributed by atoms with Crippen LogP contribution in [-0.2, 0) is 13.5 Å². The Labute approximate surface area is 154 Å². The molecule has 3 aromatic rings. The largest absolute Gasteiger partial charge is 0.351 e. The number of hydrogen-bond acceptors (Lipinski definition) is 2. The molecule has 0 bridgehead atoms. The SMILES string of the molecule is Cc1cc(C(=O)N2CCCC(Cc3nc4ccccc4[nH]3)C2)c(C)n1C. The fourth-order valence-electron chi connectivity index (χ4n) is 4.03. The van der Waals surface area contributed by atoms with Gasteiger partial charge in [-0.15, -0.1) is 0 Å². The van der Waals surface area contributed by atoms with Crippen molar-refractivity contribution >= 4 is 16.9 Å². The Balaban J connectivity index is 1.48. The molecule has 3 heterocycles. The summed E-state index contributed by atoms with van der Waals surface area (Å²) in [6.45, 7) is 5.73. The first-order valence-corrected chi connectivity index (χ1v) is 9.38. The predicted octanol–water partition coefficient (Wildman–Crippen LogP) is 3.61. The zero-order chi connectivity index (χ0) is 18.3. The molecule has 4 rings (SSSR count). The molecule has 2 aromatic heterocycles. The maximum atomic E-state index is 13.0. The lowest BCUT2D eigenvalue weighted by molar-refractivity contribution is 0.0671. The van der Waals surface area contributed by atoms with Gasteiger partial charge in [-0.1, -0.05) is 12.1 Å². The molecule has 1 unspecified atom stereocenters. The Bertz CT molecular complexity index is 919. The van der Waals surface area contributed by atoms with Crippen molar-refractivity contribution in [2.45, 2.75) is 33.1 Å². The number of nitrogens with one attached hydrogen (secondary N) is 1. The number of carbonyl (C=O) groups is 1. The van der Waals surface area contributed by atoms with Gasteiger partial charge in [0, 0.05) is 37.9 Å². The van der Waals surface area contributed by atoms with Crippen LogP contribution < -0.4 is 0 Å². The molecule has 1 aliphatic heterocycles. The first kappa shape index (κ1) is 16.9. The Hall–Kier alpha value is -2.56. The van der Waals surface area contributed by atoms with Gasteiger partial charge in [0.15, 0.2) is 0 Å². The summed E-state index contributed by atoms with van der Waals surface area (Å²) >= 11 is 0. The highest BCUT2D eigenvalue weighted by molar-refractivity contribution is 5.95. The highest BCUT2D eigenvalue weighted by Crippen LogP contribution is 2.24. The molecule has 1 atom stereocenters. The average Bonchev–Trinajstić information content (AvgIpc) is 3.16. The van der Waals surface area contributed by atoms with Gasteiger partial charge in [-0.2, -0.15) is 0 Å². The van der Waals surface area contributed by atoms with E-state index in [1.165, 1.54) is 0 Å². The number of carbonyl (C=O) groups excluding carboxylic acids is 1. The molecule has 1 fully saturated rings. The molecule has 1 aromatic carbocycles. The zero-order valence-corrected chi connectivity index (χ0v) is 15.7. The van der Waals surface area contributed by atoms with E-state index in [-0.39, 0.29) is 5.91 Å². The molecule has 1 N–H and O–H groups in total. The quantitative estimate of drug-likeness (QED) is 0.784. The molecule has 1 aliphatic rings. The van der Waals surface area contributed by atoms with Crippen molar-refractivity contribution in [1.29, 1.82) is 0 Å². The maximum Gasteiger partial charge on any atom is 0.255 e. The van der Waals surface area contributed by atoms with Crippen molar-refractivity contribution in [3.05, 3.63) is 53.1 Å². The minimum absolute atomic E-state index is 0.167. The van der Waals surface area contributed by atoms with Crippen molar-refractivity contribution in [1.82, 2.24) is 19.4 Å². The van der Waals surface area contributed by atoms with Gasteiger partial charge in [0.25, 0.3) is 5.91 Å². The average molecular weight is 350 g/mol. The van der Waals surface area contributed by atoms with Gasteiger partial charge >= 0.3 is 0 Å². The normalized spacial score (nSPS) is 17.8. The third-order valence-corrected chi connectivity index (χ3v) is 5.73. The molecular weight excluding hydrogens is 324 g/mol. The van der Waals surface area contributed by atoms with E-state index in [1.54, 1.807) is 0 Å². The van der Waals surface area contributed by atoms with Crippen molar-refractivity contribution in [2.24, 2.45) is 13.0 Å². The summed E-state index contributed by atoms with van der Waals surface area (Å²) in [6.07, 6.45) is 3.10. The summed E-state index contributed by atoms with van der Waals surface area (Å²) in [6, 6.07) is 10.1. The van der Waals surface area contributed by atoms with Gasteiger partial charge in [0.1, 0.15) is 5.82 Å². The van der Waals surface area contributed by atoms with Crippen LogP contribution in [0.15, 0.2) is 30.3 Å². The van der Waals surface area contributed by atoms with Crippen LogP contribution in [0.4, 0.5) is 0 Å². The second kappa shape index (κ2) is 6.63. The highest BCUT2D eigenvalue weighted by atomic mass is 16.2. The van der Waals surface area contributed by atoms with Gasteiger partial charge in [0.2, 0.25) is 0 Å². The molecule has 5 heteroatoms. The summed E-state index contributed by atoms with van der Waals surface area (Å²) in [5.41, 5.74) is 5.12. The van der Waals surface area contributed by atoms with E-state index in [2.05, 4.69) is 15.6 Å². The van der Waals surface area contributed by atoms with Crippen molar-refractivity contribution in [3.8, 4) is 0 Å². The third kappa shape index (κ3) is 3.02. The van der Waals surface area contributed by atoms with Crippen molar-refractivity contribution < 1.29 is 4.79 Å². The Kier molecular flexibility index (Phi) is 4.31. The number of H-pyrrole nitrogens is 1. The van der Waals surface area contributed by atoms with Crippen LogP contribution in [0.5, 0.6) is 0 Å². The van der Waals surface area contributed by atoms with E-state index < -0.39 is 0 Å². The number of amides is 1. The number of para-hydroxylation sites is 2. The molecule has 136 valence electrons. The number of likely N-dealkylation sites (tertiary alicyclic amines) is 1. The van der Waals surface area contributed by atoms with Gasteiger partial charge in [-0.25, -0.2) is 4.98 Å². The van der Waals surface area contributed by atoms with E-state index in [9.17, 15) is 4.79 Å². The second-order valence-electron chi connectivity index (χ2n) is 7.51. The second-order valence-corrected chi connectivity index (χ2v) is 7.51. The Morgan fingerprint density at radius 1 is 1.31 bits per heavy atom. The predicted molar refractivity (Wildman–Crippen MR) is 103 cm³/mol. The van der Waals surface area contributed by atoms with Gasteiger partial charge < -0.3 is 14.5 Å². The zero-order valence-electron chi connectivity index (χ0n) is 15.7. The molecular formula is C21H26N4O. The fraction of sp³-hybridized carbons (Fsp3) is 0.429. The van der Waals surface area contributed by atoms with Gasteiger partial charge in [0.05, 0.1) is 16.6 Å². The van der Waals surface area contributed by atoms with Crippen molar-refractivity contribution in [3.63, 3.8) is 0 Å². The van der Waals surface area contributed by atoms with Crippen LogP contribution in [-0.4, -0.2) is 38.4 Å². The maximum absolute atomic E-state index is 13.0. The number of fused-ring (bicyclic) bond motifs is 1. The van der Waals surface area contributed by atoms with Crippen LogP contribution in [0.25, 0.3) is 11.0 Å². The summed E-state index contributed by atoms with van der Waals surface area (Å²) < 4.78 is 2.09. The molecule has 26 heavy (non-hydrogen) atoms. The van der Waals surface area contributed by atoms with E-state index in [0.29, 0.717) is 5.92 Å². The molecule has 1 amide bonds. The smallest absolute Gasteiger partial charge is 0.255 e. The van der Waals surface area contributed by atoms with Crippen LogP contribution in [0.3, 0.4) is 0 Å². The van der Waals surface area contributed by atoms with Crippen molar-refractivity contribution in [2.75, 3.05) is 13.1 Å². The van der Waals surface area contributed by atoms with Crippen LogP contribution in [0, 0.1) is 19.8 Å².